The van der Waals surface area contributed by atoms with E-state index in [2.05, 4.69) is 27.7 Å². The molecule has 1 aromatic heterocycles. The van der Waals surface area contributed by atoms with Crippen LogP contribution in [0, 0.1) is 0 Å². The number of nitrogens with zero attached hydrogens (tertiary/aromatic N) is 4. The van der Waals surface area contributed by atoms with Crippen molar-refractivity contribution in [3.8, 4) is 0 Å². The fourth-order valence-corrected chi connectivity index (χ4v) is 2.22. The van der Waals surface area contributed by atoms with Gasteiger partial charge in [-0.3, -0.25) is 0 Å². The number of rotatable bonds is 7. The number of aromatic nitrogens is 4. The van der Waals surface area contributed by atoms with Crippen LogP contribution in [0.1, 0.15) is 12.5 Å². The Kier molecular flexibility index (Phi) is 5.16. The van der Waals surface area contributed by atoms with Gasteiger partial charge >= 0.3 is 0 Å². The molecule has 0 amide bonds. The van der Waals surface area contributed by atoms with E-state index in [0.717, 1.165) is 24.1 Å². The molecule has 18 heavy (non-hydrogen) atoms. The van der Waals surface area contributed by atoms with E-state index in [1.54, 1.807) is 11.8 Å². The van der Waals surface area contributed by atoms with E-state index in [4.69, 9.17) is 4.74 Å². The Hall–Kier alpha value is -1.40. The first-order valence-electron chi connectivity index (χ1n) is 5.90. The molecule has 0 aliphatic heterocycles. The predicted octanol–water partition coefficient (Wildman–Crippen LogP) is 1.85. The van der Waals surface area contributed by atoms with Crippen molar-refractivity contribution in [2.45, 2.75) is 18.6 Å². The summed E-state index contributed by atoms with van der Waals surface area (Å²) >= 11 is 1.61. The van der Waals surface area contributed by atoms with E-state index in [0.29, 0.717) is 6.54 Å². The molecule has 6 heteroatoms. The van der Waals surface area contributed by atoms with Crippen LogP contribution in [0.25, 0.3) is 0 Å². The lowest BCUT2D eigenvalue weighted by Crippen LogP contribution is -2.05. The van der Waals surface area contributed by atoms with Gasteiger partial charge < -0.3 is 4.74 Å². The average molecular weight is 264 g/mol. The summed E-state index contributed by atoms with van der Waals surface area (Å²) < 4.78 is 7.10. The normalized spacial score (nSPS) is 10.7. The molecule has 0 saturated carbocycles. The van der Waals surface area contributed by atoms with Gasteiger partial charge in [0.1, 0.15) is 0 Å². The molecule has 96 valence electrons. The molecule has 0 N–H and O–H groups in total. The second-order valence-electron chi connectivity index (χ2n) is 3.65. The van der Waals surface area contributed by atoms with Crippen molar-refractivity contribution >= 4 is 11.8 Å². The van der Waals surface area contributed by atoms with E-state index in [-0.39, 0.29) is 0 Å². The summed E-state index contributed by atoms with van der Waals surface area (Å²) in [5, 5.41) is 12.6. The van der Waals surface area contributed by atoms with Gasteiger partial charge in [0.25, 0.3) is 0 Å². The Bertz CT molecular complexity index is 460. The van der Waals surface area contributed by atoms with Gasteiger partial charge in [-0.05, 0) is 22.9 Å². The molecule has 0 fully saturated rings. The number of thioether (sulfide) groups is 1. The van der Waals surface area contributed by atoms with Gasteiger partial charge in [0.2, 0.25) is 5.16 Å². The summed E-state index contributed by atoms with van der Waals surface area (Å²) in [7, 11) is 0. The quantitative estimate of drug-likeness (QED) is 0.564. The average Bonchev–Trinajstić information content (AvgIpc) is 2.83. The molecule has 0 radical (unpaired) electrons. The number of hydrogen-bond donors (Lipinski definition) is 0. The van der Waals surface area contributed by atoms with E-state index in [1.165, 1.54) is 5.56 Å². The zero-order valence-electron chi connectivity index (χ0n) is 10.3. The molecular formula is C12H16N4OS. The Morgan fingerprint density at radius 2 is 2.11 bits per heavy atom. The molecule has 1 aromatic carbocycles. The van der Waals surface area contributed by atoms with Crippen molar-refractivity contribution in [2.24, 2.45) is 0 Å². The third kappa shape index (κ3) is 3.82. The Morgan fingerprint density at radius 3 is 2.89 bits per heavy atom. The Labute approximate surface area is 111 Å². The summed E-state index contributed by atoms with van der Waals surface area (Å²) in [6.45, 7) is 4.16. The highest BCUT2D eigenvalue weighted by molar-refractivity contribution is 7.99. The van der Waals surface area contributed by atoms with E-state index in [9.17, 15) is 0 Å². The highest BCUT2D eigenvalue weighted by Crippen LogP contribution is 2.14. The smallest absolute Gasteiger partial charge is 0.209 e. The Morgan fingerprint density at radius 1 is 1.28 bits per heavy atom. The second kappa shape index (κ2) is 7.13. The van der Waals surface area contributed by atoms with Crippen LogP contribution in [-0.2, 0) is 11.3 Å². The van der Waals surface area contributed by atoms with Crippen molar-refractivity contribution in [1.82, 2.24) is 20.2 Å². The van der Waals surface area contributed by atoms with Crippen LogP contribution in [0.3, 0.4) is 0 Å². The molecular weight excluding hydrogens is 248 g/mol. The molecule has 2 aromatic rings. The first-order valence-corrected chi connectivity index (χ1v) is 6.89. The highest BCUT2D eigenvalue weighted by Gasteiger charge is 2.06. The number of benzene rings is 1. The molecule has 2 rings (SSSR count). The van der Waals surface area contributed by atoms with Gasteiger partial charge in [0.15, 0.2) is 0 Å². The van der Waals surface area contributed by atoms with Gasteiger partial charge in [-0.1, -0.05) is 42.1 Å². The summed E-state index contributed by atoms with van der Waals surface area (Å²) in [5.74, 6) is 0.864. The molecule has 0 saturated heterocycles. The molecule has 0 atom stereocenters. The third-order valence-electron chi connectivity index (χ3n) is 2.34. The zero-order valence-corrected chi connectivity index (χ0v) is 11.1. The number of hydrogen-bond acceptors (Lipinski definition) is 5. The fraction of sp³-hybridized carbons (Fsp3) is 0.417. The maximum Gasteiger partial charge on any atom is 0.209 e. The summed E-state index contributed by atoms with van der Waals surface area (Å²) in [6.07, 6.45) is 0. The van der Waals surface area contributed by atoms with Gasteiger partial charge in [-0.15, -0.1) is 5.10 Å². The van der Waals surface area contributed by atoms with Crippen LogP contribution in [0.4, 0.5) is 0 Å². The van der Waals surface area contributed by atoms with Crippen LogP contribution >= 0.6 is 11.8 Å². The van der Waals surface area contributed by atoms with Crippen molar-refractivity contribution in [3.63, 3.8) is 0 Å². The van der Waals surface area contributed by atoms with Crippen molar-refractivity contribution in [1.29, 1.82) is 0 Å². The molecule has 0 bridgehead atoms. The minimum Gasteiger partial charge on any atom is -0.381 e. The zero-order chi connectivity index (χ0) is 12.6. The SMILES string of the molecule is CCOCCSc1nnnn1Cc1ccccc1. The lowest BCUT2D eigenvalue weighted by atomic mass is 10.2. The lowest BCUT2D eigenvalue weighted by Gasteiger charge is -2.04. The minimum absolute atomic E-state index is 0.699. The van der Waals surface area contributed by atoms with E-state index in [1.807, 2.05) is 29.8 Å². The standard InChI is InChI=1S/C12H16N4OS/c1-2-17-8-9-18-12-13-14-15-16(12)10-11-6-4-3-5-7-11/h3-7H,2,8-10H2,1H3. The van der Waals surface area contributed by atoms with E-state index < -0.39 is 0 Å². The van der Waals surface area contributed by atoms with Crippen LogP contribution in [-0.4, -0.2) is 39.2 Å². The molecule has 0 aliphatic carbocycles. The first kappa shape index (κ1) is 13.0. The molecule has 0 aliphatic rings. The molecule has 0 unspecified atom stereocenters. The van der Waals surface area contributed by atoms with Crippen molar-refractivity contribution in [2.75, 3.05) is 19.0 Å². The van der Waals surface area contributed by atoms with Gasteiger partial charge in [-0.25, -0.2) is 4.68 Å². The summed E-state index contributed by atoms with van der Waals surface area (Å²) in [5.41, 5.74) is 1.19. The van der Waals surface area contributed by atoms with Crippen LogP contribution in [0.2, 0.25) is 0 Å². The van der Waals surface area contributed by atoms with E-state index >= 15 is 0 Å². The summed E-state index contributed by atoms with van der Waals surface area (Å²) in [4.78, 5) is 0. The highest BCUT2D eigenvalue weighted by atomic mass is 32.2. The maximum atomic E-state index is 5.29. The largest absolute Gasteiger partial charge is 0.381 e. The molecule has 1 heterocycles. The maximum absolute atomic E-state index is 5.29. The van der Waals surface area contributed by atoms with Gasteiger partial charge in [0, 0.05) is 12.4 Å². The fourth-order valence-electron chi connectivity index (χ4n) is 1.49. The van der Waals surface area contributed by atoms with Crippen LogP contribution in [0.15, 0.2) is 35.5 Å². The predicted molar refractivity (Wildman–Crippen MR) is 70.6 cm³/mol. The topological polar surface area (TPSA) is 52.8 Å². The number of tetrazole rings is 1. The minimum atomic E-state index is 0.699. The number of ether oxygens (including phenoxy) is 1. The second-order valence-corrected chi connectivity index (χ2v) is 4.71. The van der Waals surface area contributed by atoms with Crippen molar-refractivity contribution < 1.29 is 4.74 Å². The van der Waals surface area contributed by atoms with Gasteiger partial charge in [0.05, 0.1) is 13.2 Å². The lowest BCUT2D eigenvalue weighted by molar-refractivity contribution is 0.164. The summed E-state index contributed by atoms with van der Waals surface area (Å²) in [6, 6.07) is 10.2. The van der Waals surface area contributed by atoms with Crippen molar-refractivity contribution in [3.05, 3.63) is 35.9 Å². The molecule has 5 nitrogen and oxygen atoms in total. The Balaban J connectivity index is 1.91. The monoisotopic (exact) mass is 264 g/mol. The van der Waals surface area contributed by atoms with Crippen LogP contribution < -0.4 is 0 Å². The molecule has 0 spiro atoms. The van der Waals surface area contributed by atoms with Crippen LogP contribution in [0.5, 0.6) is 0 Å². The first-order chi connectivity index (χ1) is 8.90. The van der Waals surface area contributed by atoms with Gasteiger partial charge in [-0.2, -0.15) is 0 Å². The third-order valence-corrected chi connectivity index (χ3v) is 3.26.